The number of aryl methyl sites for hydroxylation is 4. The molecule has 0 spiro atoms. The van der Waals surface area contributed by atoms with Crippen LogP contribution in [-0.2, 0) is 17.8 Å². The second-order valence-electron chi connectivity index (χ2n) is 7.16. The van der Waals surface area contributed by atoms with Gasteiger partial charge in [0.1, 0.15) is 5.75 Å². The highest BCUT2D eigenvalue weighted by Gasteiger charge is 2.06. The molecule has 0 atom stereocenters. The van der Waals surface area contributed by atoms with Crippen LogP contribution in [0.5, 0.6) is 5.75 Å². The lowest BCUT2D eigenvalue weighted by molar-refractivity contribution is 0.171. The zero-order valence-corrected chi connectivity index (χ0v) is 21.2. The first-order chi connectivity index (χ1) is 14.0. The minimum absolute atomic E-state index is 0. The highest BCUT2D eigenvalue weighted by atomic mass is 127. The monoisotopic (exact) mass is 529 g/mol. The average molecular weight is 529 g/mol. The molecule has 0 saturated carbocycles. The molecule has 8 heteroatoms. The Labute approximate surface area is 197 Å². The summed E-state index contributed by atoms with van der Waals surface area (Å²) in [6, 6.07) is 8.38. The first kappa shape index (κ1) is 26.2. The maximum absolute atomic E-state index is 5.96. The quantitative estimate of drug-likeness (QED) is 0.202. The third-order valence-corrected chi connectivity index (χ3v) is 4.59. The SMILES string of the molecule is CN=C(NCCCn1nc(C)cc1C)NCc1ccc(C)cc1OCCCOC.I. The van der Waals surface area contributed by atoms with E-state index in [0.717, 1.165) is 48.9 Å². The molecule has 2 N–H and O–H groups in total. The van der Waals surface area contributed by atoms with Gasteiger partial charge >= 0.3 is 0 Å². The van der Waals surface area contributed by atoms with Crippen molar-refractivity contribution in [1.82, 2.24) is 20.4 Å². The van der Waals surface area contributed by atoms with E-state index in [-0.39, 0.29) is 24.0 Å². The molecule has 2 aromatic rings. The van der Waals surface area contributed by atoms with Gasteiger partial charge in [-0.3, -0.25) is 9.67 Å². The van der Waals surface area contributed by atoms with Gasteiger partial charge in [0.2, 0.25) is 0 Å². The van der Waals surface area contributed by atoms with Gasteiger partial charge in [0, 0.05) is 58.1 Å². The van der Waals surface area contributed by atoms with Gasteiger partial charge in [0.05, 0.1) is 12.3 Å². The zero-order valence-electron chi connectivity index (χ0n) is 18.8. The van der Waals surface area contributed by atoms with E-state index in [0.29, 0.717) is 19.8 Å². The summed E-state index contributed by atoms with van der Waals surface area (Å²) in [5.41, 5.74) is 4.55. The summed E-state index contributed by atoms with van der Waals surface area (Å²) in [6.07, 6.45) is 1.84. The average Bonchev–Trinajstić information content (AvgIpc) is 3.02. The van der Waals surface area contributed by atoms with Crippen molar-refractivity contribution in [2.45, 2.75) is 46.7 Å². The van der Waals surface area contributed by atoms with Crippen LogP contribution in [0.1, 0.15) is 35.4 Å². The molecule has 1 aromatic heterocycles. The predicted molar refractivity (Wildman–Crippen MR) is 133 cm³/mol. The van der Waals surface area contributed by atoms with Crippen LogP contribution in [0.2, 0.25) is 0 Å². The number of aromatic nitrogens is 2. The number of methoxy groups -OCH3 is 1. The molecular weight excluding hydrogens is 493 g/mol. The van der Waals surface area contributed by atoms with Crippen LogP contribution >= 0.6 is 24.0 Å². The van der Waals surface area contributed by atoms with Gasteiger partial charge in [-0.15, -0.1) is 24.0 Å². The summed E-state index contributed by atoms with van der Waals surface area (Å²) in [5, 5.41) is 11.2. The topological polar surface area (TPSA) is 72.7 Å². The van der Waals surface area contributed by atoms with Crippen LogP contribution in [0.3, 0.4) is 0 Å². The predicted octanol–water partition coefficient (Wildman–Crippen LogP) is 3.60. The van der Waals surface area contributed by atoms with E-state index in [1.807, 2.05) is 11.6 Å². The van der Waals surface area contributed by atoms with Gasteiger partial charge in [0.25, 0.3) is 0 Å². The zero-order chi connectivity index (χ0) is 21.1. The molecule has 0 aliphatic heterocycles. The Hall–Kier alpha value is -1.81. The van der Waals surface area contributed by atoms with E-state index < -0.39 is 0 Å². The molecule has 2 rings (SSSR count). The van der Waals surface area contributed by atoms with Crippen LogP contribution in [0.15, 0.2) is 29.3 Å². The Morgan fingerprint density at radius 1 is 1.10 bits per heavy atom. The molecule has 0 amide bonds. The van der Waals surface area contributed by atoms with E-state index in [1.54, 1.807) is 14.2 Å². The third kappa shape index (κ3) is 8.91. The van der Waals surface area contributed by atoms with Gasteiger partial charge < -0.3 is 20.1 Å². The number of halogens is 1. The second kappa shape index (κ2) is 14.2. The maximum atomic E-state index is 5.96. The van der Waals surface area contributed by atoms with Crippen molar-refractivity contribution in [3.05, 3.63) is 46.8 Å². The molecule has 0 aliphatic carbocycles. The lowest BCUT2D eigenvalue weighted by Crippen LogP contribution is -2.37. The molecule has 1 aromatic carbocycles. The normalized spacial score (nSPS) is 11.2. The summed E-state index contributed by atoms with van der Waals surface area (Å²) < 4.78 is 13.1. The Balaban J connectivity index is 0.00000450. The largest absolute Gasteiger partial charge is 0.493 e. The first-order valence-electron chi connectivity index (χ1n) is 10.2. The van der Waals surface area contributed by atoms with Gasteiger partial charge in [-0.2, -0.15) is 5.10 Å². The van der Waals surface area contributed by atoms with Crippen molar-refractivity contribution in [1.29, 1.82) is 0 Å². The number of ether oxygens (including phenoxy) is 2. The fourth-order valence-electron chi connectivity index (χ4n) is 3.06. The van der Waals surface area contributed by atoms with E-state index >= 15 is 0 Å². The Kier molecular flexibility index (Phi) is 12.4. The Morgan fingerprint density at radius 3 is 2.57 bits per heavy atom. The van der Waals surface area contributed by atoms with Crippen LogP contribution in [-0.4, -0.2) is 49.7 Å². The minimum Gasteiger partial charge on any atom is -0.493 e. The number of guanidine groups is 1. The number of rotatable bonds is 11. The highest BCUT2D eigenvalue weighted by Crippen LogP contribution is 2.20. The highest BCUT2D eigenvalue weighted by molar-refractivity contribution is 14.0. The number of hydrogen-bond donors (Lipinski definition) is 2. The van der Waals surface area contributed by atoms with Crippen molar-refractivity contribution in [3.63, 3.8) is 0 Å². The molecule has 0 saturated heterocycles. The molecule has 1 heterocycles. The number of benzene rings is 1. The molecule has 0 fully saturated rings. The minimum atomic E-state index is 0. The molecular formula is C22H36IN5O2. The van der Waals surface area contributed by atoms with Gasteiger partial charge in [0.15, 0.2) is 5.96 Å². The molecule has 0 radical (unpaired) electrons. The standard InChI is InChI=1S/C22H35N5O2.HI/c1-17-8-9-20(21(14-17)29-13-7-12-28-5)16-25-22(23-4)24-10-6-11-27-19(3)15-18(2)26-27;/h8-9,14-15H,6-7,10-13,16H2,1-5H3,(H2,23,24,25);1H. The van der Waals surface area contributed by atoms with Crippen LogP contribution < -0.4 is 15.4 Å². The first-order valence-corrected chi connectivity index (χ1v) is 10.2. The van der Waals surface area contributed by atoms with Crippen LogP contribution in [0, 0.1) is 20.8 Å². The Morgan fingerprint density at radius 2 is 1.90 bits per heavy atom. The molecule has 168 valence electrons. The van der Waals surface area contributed by atoms with Gasteiger partial charge in [-0.1, -0.05) is 12.1 Å². The third-order valence-electron chi connectivity index (χ3n) is 4.59. The van der Waals surface area contributed by atoms with Crippen molar-refractivity contribution >= 4 is 29.9 Å². The summed E-state index contributed by atoms with van der Waals surface area (Å²) >= 11 is 0. The van der Waals surface area contributed by atoms with Crippen molar-refractivity contribution < 1.29 is 9.47 Å². The fraction of sp³-hybridized carbons (Fsp3) is 0.545. The molecule has 0 bridgehead atoms. The second-order valence-corrected chi connectivity index (χ2v) is 7.16. The lowest BCUT2D eigenvalue weighted by Gasteiger charge is -2.15. The number of nitrogens with one attached hydrogen (secondary N) is 2. The number of nitrogens with zero attached hydrogens (tertiary/aromatic N) is 3. The Bertz CT molecular complexity index is 792. The smallest absolute Gasteiger partial charge is 0.191 e. The number of aliphatic imine (C=N–C) groups is 1. The van der Waals surface area contributed by atoms with Crippen molar-refractivity contribution in [3.8, 4) is 5.75 Å². The van der Waals surface area contributed by atoms with E-state index in [1.165, 1.54) is 11.3 Å². The summed E-state index contributed by atoms with van der Waals surface area (Å²) in [4.78, 5) is 4.32. The summed E-state index contributed by atoms with van der Waals surface area (Å²) in [7, 11) is 3.49. The van der Waals surface area contributed by atoms with Crippen molar-refractivity contribution in [2.75, 3.05) is 33.9 Å². The maximum Gasteiger partial charge on any atom is 0.191 e. The molecule has 30 heavy (non-hydrogen) atoms. The molecule has 0 unspecified atom stereocenters. The van der Waals surface area contributed by atoms with Crippen LogP contribution in [0.25, 0.3) is 0 Å². The lowest BCUT2D eigenvalue weighted by atomic mass is 10.1. The molecule has 0 aliphatic rings. The van der Waals surface area contributed by atoms with Crippen molar-refractivity contribution in [2.24, 2.45) is 4.99 Å². The molecule has 7 nitrogen and oxygen atoms in total. The summed E-state index contributed by atoms with van der Waals surface area (Å²) in [5.74, 6) is 1.69. The van der Waals surface area contributed by atoms with Crippen LogP contribution in [0.4, 0.5) is 0 Å². The number of hydrogen-bond acceptors (Lipinski definition) is 4. The van der Waals surface area contributed by atoms with Gasteiger partial charge in [-0.25, -0.2) is 0 Å². The van der Waals surface area contributed by atoms with Gasteiger partial charge in [-0.05, 0) is 44.9 Å². The van der Waals surface area contributed by atoms with E-state index in [4.69, 9.17) is 9.47 Å². The van der Waals surface area contributed by atoms with E-state index in [9.17, 15) is 0 Å². The fourth-order valence-corrected chi connectivity index (χ4v) is 3.06. The van der Waals surface area contributed by atoms with E-state index in [2.05, 4.69) is 58.8 Å². The summed E-state index contributed by atoms with van der Waals surface area (Å²) in [6.45, 7) is 9.89.